The predicted molar refractivity (Wildman–Crippen MR) is 121 cm³/mol. The van der Waals surface area contributed by atoms with Crippen LogP contribution in [0.1, 0.15) is 5.56 Å². The maximum Gasteiger partial charge on any atom is 0.226 e. The van der Waals surface area contributed by atoms with Crippen LogP contribution in [-0.2, 0) is 13.7 Å². The fourth-order valence-corrected chi connectivity index (χ4v) is 3.73. The summed E-state index contributed by atoms with van der Waals surface area (Å²) in [7, 11) is 3.66. The first-order chi connectivity index (χ1) is 15.2. The van der Waals surface area contributed by atoms with Crippen LogP contribution in [0.15, 0.2) is 89.7 Å². The molecule has 5 nitrogen and oxygen atoms in total. The van der Waals surface area contributed by atoms with E-state index in [9.17, 15) is 0 Å². The number of hydrogen-bond donors (Lipinski definition) is 0. The summed E-state index contributed by atoms with van der Waals surface area (Å²) in [6.45, 7) is 0.473. The lowest BCUT2D eigenvalue weighted by Gasteiger charge is -2.11. The van der Waals surface area contributed by atoms with Crippen LogP contribution in [0.4, 0.5) is 0 Å². The molecule has 0 aliphatic rings. The summed E-state index contributed by atoms with van der Waals surface area (Å²) in [5, 5.41) is 1.15. The molecule has 0 unspecified atom stereocenters. The van der Waals surface area contributed by atoms with Crippen LogP contribution in [0.2, 0.25) is 0 Å². The van der Waals surface area contributed by atoms with Crippen molar-refractivity contribution in [2.24, 2.45) is 7.05 Å². The Balaban J connectivity index is 1.42. The van der Waals surface area contributed by atoms with E-state index in [1.807, 2.05) is 67.7 Å². The molecular formula is C26H22N2O3. The summed E-state index contributed by atoms with van der Waals surface area (Å²) in [4.78, 5) is 4.74. The molecule has 2 aromatic heterocycles. The zero-order chi connectivity index (χ0) is 21.2. The molecule has 0 N–H and O–H groups in total. The van der Waals surface area contributed by atoms with E-state index in [2.05, 4.69) is 22.9 Å². The van der Waals surface area contributed by atoms with E-state index in [0.29, 0.717) is 24.0 Å². The lowest BCUT2D eigenvalue weighted by Crippen LogP contribution is -1.97. The number of benzene rings is 3. The maximum atomic E-state index is 5.95. The number of fused-ring (bicyclic) bond motifs is 1. The summed E-state index contributed by atoms with van der Waals surface area (Å²) >= 11 is 0. The van der Waals surface area contributed by atoms with Gasteiger partial charge >= 0.3 is 0 Å². The SMILES string of the molecule is COc1cc(-c2nc(-c3cn(C)c4ccccc34)co2)ccc1OCc1ccccc1. The molecule has 0 radical (unpaired) electrons. The molecule has 0 bridgehead atoms. The summed E-state index contributed by atoms with van der Waals surface area (Å²) in [5.41, 5.74) is 4.93. The minimum atomic E-state index is 0.473. The van der Waals surface area contributed by atoms with E-state index < -0.39 is 0 Å². The largest absolute Gasteiger partial charge is 0.493 e. The molecular weight excluding hydrogens is 388 g/mol. The van der Waals surface area contributed by atoms with E-state index in [0.717, 1.165) is 33.3 Å². The molecule has 31 heavy (non-hydrogen) atoms. The lowest BCUT2D eigenvalue weighted by molar-refractivity contribution is 0.284. The van der Waals surface area contributed by atoms with Crippen molar-refractivity contribution in [2.45, 2.75) is 6.61 Å². The average molecular weight is 410 g/mol. The second-order valence-corrected chi connectivity index (χ2v) is 7.35. The number of hydrogen-bond acceptors (Lipinski definition) is 4. The molecule has 3 aromatic carbocycles. The summed E-state index contributed by atoms with van der Waals surface area (Å²) in [5.74, 6) is 1.85. The van der Waals surface area contributed by atoms with Gasteiger partial charge in [-0.25, -0.2) is 4.98 Å². The molecule has 5 aromatic rings. The number of ether oxygens (including phenoxy) is 2. The number of aryl methyl sites for hydroxylation is 1. The fraction of sp³-hybridized carbons (Fsp3) is 0.115. The summed E-state index contributed by atoms with van der Waals surface area (Å²) in [6.07, 6.45) is 3.77. The highest BCUT2D eigenvalue weighted by Crippen LogP contribution is 2.35. The molecule has 0 aliphatic heterocycles. The van der Waals surface area contributed by atoms with Crippen molar-refractivity contribution < 1.29 is 13.9 Å². The third-order valence-corrected chi connectivity index (χ3v) is 5.32. The molecule has 2 heterocycles. The van der Waals surface area contributed by atoms with Gasteiger partial charge in [-0.15, -0.1) is 0 Å². The van der Waals surface area contributed by atoms with Crippen molar-refractivity contribution in [3.63, 3.8) is 0 Å². The zero-order valence-electron chi connectivity index (χ0n) is 17.4. The van der Waals surface area contributed by atoms with Gasteiger partial charge in [0.15, 0.2) is 11.5 Å². The van der Waals surface area contributed by atoms with E-state index in [1.165, 1.54) is 0 Å². The van der Waals surface area contributed by atoms with Crippen molar-refractivity contribution in [3.8, 4) is 34.2 Å². The molecule has 0 amide bonds. The van der Waals surface area contributed by atoms with Gasteiger partial charge in [-0.2, -0.15) is 0 Å². The maximum absolute atomic E-state index is 5.95. The van der Waals surface area contributed by atoms with Crippen LogP contribution < -0.4 is 9.47 Å². The Morgan fingerprint density at radius 2 is 1.74 bits per heavy atom. The first-order valence-electron chi connectivity index (χ1n) is 10.1. The zero-order valence-corrected chi connectivity index (χ0v) is 17.4. The number of rotatable bonds is 6. The van der Waals surface area contributed by atoms with Crippen molar-refractivity contribution in [1.29, 1.82) is 0 Å². The Morgan fingerprint density at radius 3 is 2.58 bits per heavy atom. The van der Waals surface area contributed by atoms with Gasteiger partial charge in [-0.05, 0) is 29.8 Å². The van der Waals surface area contributed by atoms with Gasteiger partial charge < -0.3 is 18.5 Å². The van der Waals surface area contributed by atoms with Crippen molar-refractivity contribution in [1.82, 2.24) is 9.55 Å². The molecule has 0 saturated carbocycles. The highest BCUT2D eigenvalue weighted by molar-refractivity contribution is 5.95. The van der Waals surface area contributed by atoms with Crippen LogP contribution >= 0.6 is 0 Å². The number of para-hydroxylation sites is 1. The third kappa shape index (κ3) is 3.66. The van der Waals surface area contributed by atoms with Crippen LogP contribution in [-0.4, -0.2) is 16.7 Å². The monoisotopic (exact) mass is 410 g/mol. The van der Waals surface area contributed by atoms with Crippen molar-refractivity contribution >= 4 is 10.9 Å². The standard InChI is InChI=1S/C26H22N2O3/c1-28-15-21(20-10-6-7-11-23(20)28)22-17-31-26(27-22)19-12-13-24(25(14-19)29-2)30-16-18-8-4-3-5-9-18/h3-15,17H,16H2,1-2H3. The lowest BCUT2D eigenvalue weighted by atomic mass is 10.1. The quantitative estimate of drug-likeness (QED) is 0.340. The molecule has 5 heteroatoms. The second kappa shape index (κ2) is 8.03. The van der Waals surface area contributed by atoms with Crippen LogP contribution in [0.5, 0.6) is 11.5 Å². The number of aromatic nitrogens is 2. The van der Waals surface area contributed by atoms with E-state index in [1.54, 1.807) is 13.4 Å². The molecule has 0 aliphatic carbocycles. The topological polar surface area (TPSA) is 49.4 Å². The van der Waals surface area contributed by atoms with E-state index >= 15 is 0 Å². The highest BCUT2D eigenvalue weighted by atomic mass is 16.5. The van der Waals surface area contributed by atoms with E-state index in [4.69, 9.17) is 18.9 Å². The van der Waals surface area contributed by atoms with Crippen molar-refractivity contribution in [2.75, 3.05) is 7.11 Å². The normalized spacial score (nSPS) is 11.0. The van der Waals surface area contributed by atoms with Gasteiger partial charge in [0.05, 0.1) is 7.11 Å². The number of methoxy groups -OCH3 is 1. The molecule has 0 spiro atoms. The Labute approximate surface area is 180 Å². The number of nitrogens with zero attached hydrogens (tertiary/aromatic N) is 2. The highest BCUT2D eigenvalue weighted by Gasteiger charge is 2.15. The van der Waals surface area contributed by atoms with Gasteiger partial charge in [0, 0.05) is 35.3 Å². The Bertz CT molecular complexity index is 1340. The van der Waals surface area contributed by atoms with Crippen molar-refractivity contribution in [3.05, 3.63) is 90.8 Å². The smallest absolute Gasteiger partial charge is 0.226 e. The first kappa shape index (κ1) is 19.0. The average Bonchev–Trinajstić information content (AvgIpc) is 3.43. The van der Waals surface area contributed by atoms with Crippen LogP contribution in [0.25, 0.3) is 33.6 Å². The Hall–Kier alpha value is -3.99. The first-order valence-corrected chi connectivity index (χ1v) is 10.1. The molecule has 0 saturated heterocycles. The van der Waals surface area contributed by atoms with Gasteiger partial charge in [0.1, 0.15) is 18.6 Å². The Morgan fingerprint density at radius 1 is 0.935 bits per heavy atom. The number of oxazole rings is 1. The third-order valence-electron chi connectivity index (χ3n) is 5.32. The van der Waals surface area contributed by atoms with Gasteiger partial charge in [0.2, 0.25) is 5.89 Å². The Kier molecular flexibility index (Phi) is 4.92. The molecule has 0 fully saturated rings. The van der Waals surface area contributed by atoms with E-state index in [-0.39, 0.29) is 0 Å². The molecule has 5 rings (SSSR count). The van der Waals surface area contributed by atoms with Crippen LogP contribution in [0, 0.1) is 0 Å². The van der Waals surface area contributed by atoms with Gasteiger partial charge in [-0.3, -0.25) is 0 Å². The molecule has 154 valence electrons. The van der Waals surface area contributed by atoms with Crippen LogP contribution in [0.3, 0.4) is 0 Å². The predicted octanol–water partition coefficient (Wildman–Crippen LogP) is 6.09. The fourth-order valence-electron chi connectivity index (χ4n) is 3.73. The minimum Gasteiger partial charge on any atom is -0.493 e. The van der Waals surface area contributed by atoms with Gasteiger partial charge in [-0.1, -0.05) is 48.5 Å². The summed E-state index contributed by atoms with van der Waals surface area (Å²) in [6, 6.07) is 24.0. The van der Waals surface area contributed by atoms with Gasteiger partial charge in [0.25, 0.3) is 0 Å². The minimum absolute atomic E-state index is 0.473. The summed E-state index contributed by atoms with van der Waals surface area (Å²) < 4.78 is 19.4. The molecule has 0 atom stereocenters. The second-order valence-electron chi connectivity index (χ2n) is 7.35.